The van der Waals surface area contributed by atoms with Crippen LogP contribution in [0.3, 0.4) is 0 Å². The molecule has 0 bridgehead atoms. The Balaban J connectivity index is 0.857. The zero-order valence-electron chi connectivity index (χ0n) is 40.1. The second-order valence-corrected chi connectivity index (χ2v) is 21.8. The maximum atomic E-state index is 15.6. The number of piperazine rings is 1. The van der Waals surface area contributed by atoms with Crippen molar-refractivity contribution in [1.82, 2.24) is 35.4 Å². The number of benzene rings is 3. The summed E-state index contributed by atoms with van der Waals surface area (Å²) in [6, 6.07) is 17.2. The quantitative estimate of drug-likeness (QED) is 0.0685. The molecule has 8 rings (SSSR count). The van der Waals surface area contributed by atoms with Crippen LogP contribution in [0.4, 0.5) is 20.2 Å². The number of rotatable bonds is 16. The maximum Gasteiger partial charge on any atom is 0.246 e. The van der Waals surface area contributed by atoms with Gasteiger partial charge in [0.1, 0.15) is 23.5 Å². The third kappa shape index (κ3) is 11.5. The van der Waals surface area contributed by atoms with Gasteiger partial charge in [-0.2, -0.15) is 0 Å². The summed E-state index contributed by atoms with van der Waals surface area (Å²) in [6.45, 7) is 11.8. The number of fused-ring (bicyclic) bond motifs is 1. The first-order valence-electron chi connectivity index (χ1n) is 23.4. The number of thiazole rings is 1. The molecular formula is C51H57F2N9O7S2. The SMILES string of the molecule is CCCS(=O)(=O)Nc1ccc(F)c(C(=O)c2c[nH]c3ncc(-c4ccc(N5CCN(CC(=O)N[C@H](C(=O)N6C[C@@H](O)CC6C(=O)NCc6ccc(-c7scnc7C)cc6)C(C)(C)C)CC5)cc4)cc23)c1F. The molecule has 2 aliphatic heterocycles. The van der Waals surface area contributed by atoms with Crippen molar-refractivity contribution in [3.63, 3.8) is 0 Å². The lowest BCUT2D eigenvalue weighted by atomic mass is 9.85. The normalized spacial score (nSPS) is 17.1. The molecule has 1 unspecified atom stereocenters. The smallest absolute Gasteiger partial charge is 0.246 e. The molecule has 3 atom stereocenters. The van der Waals surface area contributed by atoms with Crippen molar-refractivity contribution in [3.8, 4) is 21.6 Å². The summed E-state index contributed by atoms with van der Waals surface area (Å²) >= 11 is 1.56. The van der Waals surface area contributed by atoms with Crippen LogP contribution in [0.5, 0.6) is 0 Å². The summed E-state index contributed by atoms with van der Waals surface area (Å²) in [5.74, 6) is -4.85. The van der Waals surface area contributed by atoms with Gasteiger partial charge < -0.3 is 30.5 Å². The molecule has 2 fully saturated rings. The van der Waals surface area contributed by atoms with E-state index in [-0.39, 0.29) is 55.6 Å². The molecule has 0 radical (unpaired) electrons. The zero-order chi connectivity index (χ0) is 50.8. The molecule has 6 aromatic rings. The van der Waals surface area contributed by atoms with Crippen LogP contribution in [0.1, 0.15) is 67.7 Å². The van der Waals surface area contributed by atoms with Gasteiger partial charge in [0, 0.05) is 80.3 Å². The van der Waals surface area contributed by atoms with Crippen LogP contribution in [0, 0.1) is 24.0 Å². The number of halogens is 2. The molecule has 3 aromatic carbocycles. The first kappa shape index (κ1) is 50.8. The van der Waals surface area contributed by atoms with E-state index in [1.165, 1.54) is 11.1 Å². The fourth-order valence-electron chi connectivity index (χ4n) is 9.03. The fourth-order valence-corrected chi connectivity index (χ4v) is 11.0. The number of sulfonamides is 1. The number of aromatic amines is 1. The second-order valence-electron chi connectivity index (χ2n) is 19.1. The van der Waals surface area contributed by atoms with E-state index >= 15 is 8.78 Å². The summed E-state index contributed by atoms with van der Waals surface area (Å²) < 4.78 is 57.4. The number of β-amino-alcohol motifs (C(OH)–C–C–N with tert-alkyl or cyclic N) is 1. The summed E-state index contributed by atoms with van der Waals surface area (Å²) in [5.41, 5.74) is 5.18. The molecular weight excluding hydrogens is 953 g/mol. The lowest BCUT2D eigenvalue weighted by molar-refractivity contribution is -0.144. The number of nitrogens with one attached hydrogen (secondary N) is 4. The first-order valence-corrected chi connectivity index (χ1v) is 26.0. The molecule has 0 aliphatic carbocycles. The molecule has 71 heavy (non-hydrogen) atoms. The lowest BCUT2D eigenvalue weighted by Crippen LogP contribution is -2.59. The van der Waals surface area contributed by atoms with Gasteiger partial charge in [-0.3, -0.25) is 28.8 Å². The van der Waals surface area contributed by atoms with Crippen LogP contribution in [-0.2, 0) is 31.0 Å². The molecule has 5 N–H and O–H groups in total. The number of hydrogen-bond donors (Lipinski definition) is 5. The predicted octanol–water partition coefficient (Wildman–Crippen LogP) is 6.25. The summed E-state index contributed by atoms with van der Waals surface area (Å²) in [7, 11) is -3.92. The Morgan fingerprint density at radius 2 is 1.65 bits per heavy atom. The van der Waals surface area contributed by atoms with Crippen molar-refractivity contribution in [1.29, 1.82) is 0 Å². The van der Waals surface area contributed by atoms with Crippen molar-refractivity contribution in [2.75, 3.05) is 54.6 Å². The number of ketones is 1. The monoisotopic (exact) mass is 1010 g/mol. The number of likely N-dealkylation sites (tertiary alicyclic amines) is 1. The molecule has 0 saturated carbocycles. The molecule has 20 heteroatoms. The van der Waals surface area contributed by atoms with Gasteiger partial charge in [-0.05, 0) is 65.8 Å². The Morgan fingerprint density at radius 3 is 2.31 bits per heavy atom. The van der Waals surface area contributed by atoms with E-state index in [0.717, 1.165) is 45.1 Å². The molecule has 2 aliphatic rings. The van der Waals surface area contributed by atoms with Crippen molar-refractivity contribution in [2.45, 2.75) is 72.2 Å². The Hall–Kier alpha value is -6.61. The standard InChI is InChI=1S/C51H57F2N9O7S2/c1-6-21-71(68,69)59-40-16-15-39(52)43(44(40)53)45(65)38-26-55-48-37(38)22-34(25-54-48)32-11-13-35(14-12-32)61-19-17-60(18-20-61)28-42(64)58-47(51(3,4)5)50(67)62-27-36(63)23-41(62)49(66)56-24-31-7-9-33(10-8-31)46-30(2)57-29-70-46/h7-16,22,25-26,29,36,41,47,59,63H,6,17-21,23-24,27-28H2,1-5H3,(H,54,55)(H,56,66)(H,58,64)/t36-,41?,47+/m0/s1. The van der Waals surface area contributed by atoms with Crippen LogP contribution in [0.15, 0.2) is 84.6 Å². The Labute approximate surface area is 414 Å². The van der Waals surface area contributed by atoms with Gasteiger partial charge in [0.25, 0.3) is 0 Å². The number of H-pyrrole nitrogens is 1. The van der Waals surface area contributed by atoms with Gasteiger partial charge >= 0.3 is 0 Å². The summed E-state index contributed by atoms with van der Waals surface area (Å²) in [5, 5.41) is 16.9. The van der Waals surface area contributed by atoms with E-state index in [1.807, 2.05) is 81.1 Å². The average Bonchev–Trinajstić information content (AvgIpc) is 4.08. The van der Waals surface area contributed by atoms with Gasteiger partial charge in [-0.15, -0.1) is 11.3 Å². The Bertz CT molecular complexity index is 3060. The number of amides is 3. The lowest BCUT2D eigenvalue weighted by Gasteiger charge is -2.37. The zero-order valence-corrected chi connectivity index (χ0v) is 41.7. The number of aliphatic hydroxyl groups is 1. The highest BCUT2D eigenvalue weighted by atomic mass is 32.2. The number of anilines is 2. The molecule has 3 amide bonds. The predicted molar refractivity (Wildman–Crippen MR) is 269 cm³/mol. The van der Waals surface area contributed by atoms with E-state index < -0.39 is 68.2 Å². The Kier molecular flexibility index (Phi) is 15.0. The minimum Gasteiger partial charge on any atom is -0.391 e. The van der Waals surface area contributed by atoms with Crippen LogP contribution >= 0.6 is 11.3 Å². The van der Waals surface area contributed by atoms with Crippen molar-refractivity contribution in [3.05, 3.63) is 119 Å². The van der Waals surface area contributed by atoms with Crippen molar-refractivity contribution < 1.29 is 41.5 Å². The van der Waals surface area contributed by atoms with Crippen LogP contribution in [0.2, 0.25) is 0 Å². The first-order chi connectivity index (χ1) is 33.8. The fraction of sp³-hybridized carbons (Fsp3) is 0.373. The second kappa shape index (κ2) is 21.0. The number of hydrogen-bond acceptors (Lipinski definition) is 12. The van der Waals surface area contributed by atoms with Gasteiger partial charge in [0.05, 0.1) is 45.7 Å². The minimum atomic E-state index is -3.92. The molecule has 3 aromatic heterocycles. The molecule has 16 nitrogen and oxygen atoms in total. The topological polar surface area (TPSA) is 210 Å². The van der Waals surface area contributed by atoms with Gasteiger partial charge in [-0.1, -0.05) is 64.1 Å². The van der Waals surface area contributed by atoms with Gasteiger partial charge in [0.2, 0.25) is 33.5 Å². The van der Waals surface area contributed by atoms with E-state index in [1.54, 1.807) is 36.0 Å². The molecule has 5 heterocycles. The van der Waals surface area contributed by atoms with E-state index in [0.29, 0.717) is 42.8 Å². The molecule has 374 valence electrons. The molecule has 2 saturated heterocycles. The van der Waals surface area contributed by atoms with E-state index in [4.69, 9.17) is 0 Å². The van der Waals surface area contributed by atoms with Crippen LogP contribution < -0.4 is 20.3 Å². The number of pyridine rings is 1. The van der Waals surface area contributed by atoms with Crippen LogP contribution in [0.25, 0.3) is 32.6 Å². The number of nitrogens with zero attached hydrogens (tertiary/aromatic N) is 5. The minimum absolute atomic E-state index is 0.0255. The van der Waals surface area contributed by atoms with Gasteiger partial charge in [0.15, 0.2) is 5.82 Å². The number of aliphatic hydroxyl groups excluding tert-OH is 1. The highest BCUT2D eigenvalue weighted by Gasteiger charge is 2.44. The summed E-state index contributed by atoms with van der Waals surface area (Å²) in [4.78, 5) is 73.4. The summed E-state index contributed by atoms with van der Waals surface area (Å²) in [6.07, 6.45) is 2.40. The average molecular weight is 1010 g/mol. The van der Waals surface area contributed by atoms with Crippen LogP contribution in [-0.4, -0.2) is 125 Å². The maximum absolute atomic E-state index is 15.6. The van der Waals surface area contributed by atoms with Gasteiger partial charge in [-0.25, -0.2) is 27.2 Å². The Morgan fingerprint density at radius 1 is 0.944 bits per heavy atom. The van der Waals surface area contributed by atoms with E-state index in [2.05, 4.69) is 35.2 Å². The highest BCUT2D eigenvalue weighted by Crippen LogP contribution is 2.32. The molecule has 0 spiro atoms. The van der Waals surface area contributed by atoms with Crippen molar-refractivity contribution in [2.24, 2.45) is 5.41 Å². The highest BCUT2D eigenvalue weighted by molar-refractivity contribution is 7.92. The number of carbonyl (C=O) groups is 4. The number of aromatic nitrogens is 3. The van der Waals surface area contributed by atoms with Crippen molar-refractivity contribution >= 4 is 67.3 Å². The third-order valence-electron chi connectivity index (χ3n) is 12.8. The largest absolute Gasteiger partial charge is 0.391 e. The number of aryl methyl sites for hydroxylation is 1. The number of carbonyl (C=O) groups excluding carboxylic acids is 4. The van der Waals surface area contributed by atoms with E-state index in [9.17, 15) is 32.7 Å². The third-order valence-corrected chi connectivity index (χ3v) is 15.3.